The van der Waals surface area contributed by atoms with E-state index < -0.39 is 28.3 Å². The summed E-state index contributed by atoms with van der Waals surface area (Å²) in [5, 5.41) is 2.93. The molecule has 1 N–H and O–H groups in total. The normalized spacial score (nSPS) is 12.8. The SMILES string of the molecule is COc1ccc([C@H](CC(C)C)NC(=O)CN(Cc2ccccc2F)S(C)(=O)=O)cc1. The molecule has 0 fully saturated rings. The number of sulfonamides is 1. The van der Waals surface area contributed by atoms with Gasteiger partial charge in [0, 0.05) is 12.1 Å². The minimum Gasteiger partial charge on any atom is -0.497 e. The van der Waals surface area contributed by atoms with E-state index in [1.807, 2.05) is 38.1 Å². The Hall–Kier alpha value is -2.45. The van der Waals surface area contributed by atoms with Crippen LogP contribution >= 0.6 is 0 Å². The van der Waals surface area contributed by atoms with Crippen LogP contribution < -0.4 is 10.1 Å². The van der Waals surface area contributed by atoms with Gasteiger partial charge in [0.05, 0.1) is 26.0 Å². The van der Waals surface area contributed by atoms with Crippen LogP contribution in [0.4, 0.5) is 4.39 Å². The third kappa shape index (κ3) is 7.11. The van der Waals surface area contributed by atoms with Gasteiger partial charge in [0.15, 0.2) is 0 Å². The van der Waals surface area contributed by atoms with Crippen LogP contribution in [-0.4, -0.2) is 38.5 Å². The molecule has 30 heavy (non-hydrogen) atoms. The molecule has 0 aliphatic carbocycles. The molecule has 0 aliphatic rings. The third-order valence-corrected chi connectivity index (χ3v) is 5.85. The van der Waals surface area contributed by atoms with Gasteiger partial charge in [0.2, 0.25) is 15.9 Å². The van der Waals surface area contributed by atoms with Gasteiger partial charge < -0.3 is 10.1 Å². The molecule has 0 unspecified atom stereocenters. The lowest BCUT2D eigenvalue weighted by atomic mass is 9.97. The highest BCUT2D eigenvalue weighted by atomic mass is 32.2. The van der Waals surface area contributed by atoms with Gasteiger partial charge in [0.25, 0.3) is 0 Å². The van der Waals surface area contributed by atoms with E-state index in [0.717, 1.165) is 16.1 Å². The van der Waals surface area contributed by atoms with Crippen molar-refractivity contribution in [2.24, 2.45) is 5.92 Å². The second-order valence-corrected chi connectivity index (χ2v) is 9.63. The predicted molar refractivity (Wildman–Crippen MR) is 115 cm³/mol. The number of hydrogen-bond donors (Lipinski definition) is 1. The summed E-state index contributed by atoms with van der Waals surface area (Å²) in [6.45, 7) is 3.49. The number of benzene rings is 2. The maximum absolute atomic E-state index is 14.0. The zero-order valence-electron chi connectivity index (χ0n) is 17.8. The lowest BCUT2D eigenvalue weighted by Crippen LogP contribution is -2.41. The van der Waals surface area contributed by atoms with Crippen LogP contribution in [-0.2, 0) is 21.4 Å². The second-order valence-electron chi connectivity index (χ2n) is 7.65. The number of nitrogens with zero attached hydrogens (tertiary/aromatic N) is 1. The van der Waals surface area contributed by atoms with Gasteiger partial charge >= 0.3 is 0 Å². The first-order valence-electron chi connectivity index (χ1n) is 9.72. The fourth-order valence-corrected chi connectivity index (χ4v) is 3.82. The summed E-state index contributed by atoms with van der Waals surface area (Å²) >= 11 is 0. The van der Waals surface area contributed by atoms with E-state index in [1.165, 1.54) is 18.2 Å². The van der Waals surface area contributed by atoms with Crippen LogP contribution in [0.3, 0.4) is 0 Å². The number of ether oxygens (including phenoxy) is 1. The van der Waals surface area contributed by atoms with Crippen molar-refractivity contribution >= 4 is 15.9 Å². The van der Waals surface area contributed by atoms with Crippen LogP contribution in [0.5, 0.6) is 5.75 Å². The monoisotopic (exact) mass is 436 g/mol. The van der Waals surface area contributed by atoms with Gasteiger partial charge in [-0.25, -0.2) is 12.8 Å². The average Bonchev–Trinajstić information content (AvgIpc) is 2.67. The molecule has 164 valence electrons. The molecule has 0 heterocycles. The minimum absolute atomic E-state index is 0.212. The number of carbonyl (C=O) groups is 1. The Kier molecular flexibility index (Phi) is 8.37. The van der Waals surface area contributed by atoms with Crippen LogP contribution in [0.25, 0.3) is 0 Å². The quantitative estimate of drug-likeness (QED) is 0.619. The van der Waals surface area contributed by atoms with E-state index in [-0.39, 0.29) is 18.2 Å². The molecule has 0 saturated heterocycles. The topological polar surface area (TPSA) is 75.7 Å². The molecule has 8 heteroatoms. The van der Waals surface area contributed by atoms with Crippen molar-refractivity contribution in [2.45, 2.75) is 32.9 Å². The predicted octanol–water partition coefficient (Wildman–Crippen LogP) is 3.50. The largest absolute Gasteiger partial charge is 0.497 e. The molecule has 0 aromatic heterocycles. The first kappa shape index (κ1) is 23.8. The van der Waals surface area contributed by atoms with Crippen LogP contribution in [0.1, 0.15) is 37.4 Å². The maximum atomic E-state index is 14.0. The molecule has 0 saturated carbocycles. The second kappa shape index (κ2) is 10.5. The number of carbonyl (C=O) groups excluding carboxylic acids is 1. The lowest BCUT2D eigenvalue weighted by molar-refractivity contribution is -0.122. The summed E-state index contributed by atoms with van der Waals surface area (Å²) in [6, 6.07) is 13.0. The number of rotatable bonds is 10. The van der Waals surface area contributed by atoms with Crippen molar-refractivity contribution in [2.75, 3.05) is 19.9 Å². The van der Waals surface area contributed by atoms with Crippen LogP contribution in [0.15, 0.2) is 48.5 Å². The van der Waals surface area contributed by atoms with E-state index in [4.69, 9.17) is 4.74 Å². The van der Waals surface area contributed by atoms with Crippen molar-refractivity contribution in [1.82, 2.24) is 9.62 Å². The Morgan fingerprint density at radius 1 is 1.13 bits per heavy atom. The Morgan fingerprint density at radius 3 is 2.30 bits per heavy atom. The van der Waals surface area contributed by atoms with Gasteiger partial charge in [-0.2, -0.15) is 4.31 Å². The fraction of sp³-hybridized carbons (Fsp3) is 0.409. The Morgan fingerprint density at radius 2 is 1.77 bits per heavy atom. The summed E-state index contributed by atoms with van der Waals surface area (Å²) < 4.78 is 44.5. The third-order valence-electron chi connectivity index (χ3n) is 4.65. The number of hydrogen-bond acceptors (Lipinski definition) is 4. The molecular weight excluding hydrogens is 407 g/mol. The summed E-state index contributed by atoms with van der Waals surface area (Å²) in [5.74, 6) is 0.0593. The number of amides is 1. The standard InChI is InChI=1S/C22H29FN2O4S/c1-16(2)13-21(17-9-11-19(29-3)12-10-17)24-22(26)15-25(30(4,27)28)14-18-7-5-6-8-20(18)23/h5-12,16,21H,13-15H2,1-4H3,(H,24,26)/t21-/m0/s1. The van der Waals surface area contributed by atoms with Gasteiger partial charge in [0.1, 0.15) is 11.6 Å². The minimum atomic E-state index is -3.72. The molecule has 0 aliphatic heterocycles. The molecule has 6 nitrogen and oxygen atoms in total. The number of methoxy groups -OCH3 is 1. The van der Waals surface area contributed by atoms with E-state index in [0.29, 0.717) is 18.1 Å². The molecule has 1 atom stereocenters. The number of halogens is 1. The Balaban J connectivity index is 2.16. The highest BCUT2D eigenvalue weighted by Gasteiger charge is 2.24. The molecule has 2 rings (SSSR count). The molecule has 0 bridgehead atoms. The van der Waals surface area contributed by atoms with Gasteiger partial charge in [-0.05, 0) is 36.1 Å². The van der Waals surface area contributed by atoms with Crippen molar-refractivity contribution in [3.63, 3.8) is 0 Å². The van der Waals surface area contributed by atoms with E-state index in [2.05, 4.69) is 5.32 Å². The molecule has 0 spiro atoms. The van der Waals surface area contributed by atoms with Crippen LogP contribution in [0.2, 0.25) is 0 Å². The number of nitrogens with one attached hydrogen (secondary N) is 1. The lowest BCUT2D eigenvalue weighted by Gasteiger charge is -2.24. The summed E-state index contributed by atoms with van der Waals surface area (Å²) in [5.41, 5.74) is 1.11. The van der Waals surface area contributed by atoms with Gasteiger partial charge in [-0.1, -0.05) is 44.2 Å². The molecule has 0 radical (unpaired) electrons. The van der Waals surface area contributed by atoms with Crippen molar-refractivity contribution in [3.8, 4) is 5.75 Å². The fourth-order valence-electron chi connectivity index (χ4n) is 3.09. The van der Waals surface area contributed by atoms with Crippen molar-refractivity contribution in [3.05, 3.63) is 65.5 Å². The van der Waals surface area contributed by atoms with Crippen LogP contribution in [0, 0.1) is 11.7 Å². The summed E-state index contributed by atoms with van der Waals surface area (Å²) in [4.78, 5) is 12.7. The summed E-state index contributed by atoms with van der Waals surface area (Å²) in [7, 11) is -2.14. The maximum Gasteiger partial charge on any atom is 0.235 e. The Bertz CT molecular complexity index is 946. The first-order chi connectivity index (χ1) is 14.1. The van der Waals surface area contributed by atoms with Gasteiger partial charge in [-0.15, -0.1) is 0 Å². The Labute approximate surface area is 178 Å². The molecule has 2 aromatic carbocycles. The first-order valence-corrected chi connectivity index (χ1v) is 11.6. The zero-order valence-corrected chi connectivity index (χ0v) is 18.6. The smallest absolute Gasteiger partial charge is 0.235 e. The van der Waals surface area contributed by atoms with E-state index in [9.17, 15) is 17.6 Å². The summed E-state index contributed by atoms with van der Waals surface area (Å²) in [6.07, 6.45) is 1.69. The van der Waals surface area contributed by atoms with E-state index >= 15 is 0 Å². The highest BCUT2D eigenvalue weighted by Crippen LogP contribution is 2.24. The average molecular weight is 437 g/mol. The molecule has 1 amide bonds. The van der Waals surface area contributed by atoms with Crippen molar-refractivity contribution < 1.29 is 22.3 Å². The van der Waals surface area contributed by atoms with Gasteiger partial charge in [-0.3, -0.25) is 4.79 Å². The van der Waals surface area contributed by atoms with Crippen molar-refractivity contribution in [1.29, 1.82) is 0 Å². The molecular formula is C22H29FN2O4S. The van der Waals surface area contributed by atoms with E-state index in [1.54, 1.807) is 13.2 Å². The molecule has 2 aromatic rings. The highest BCUT2D eigenvalue weighted by molar-refractivity contribution is 7.88. The zero-order chi connectivity index (χ0) is 22.3.